The molecule has 2 rings (SSSR count). The number of nitrogen functional groups attached to an aromatic ring is 1. The van der Waals surface area contributed by atoms with Gasteiger partial charge in [-0.1, -0.05) is 26.2 Å². The predicted molar refractivity (Wildman–Crippen MR) is 81.4 cm³/mol. The first-order valence-electron chi connectivity index (χ1n) is 7.69. The maximum atomic E-state index is 5.84. The van der Waals surface area contributed by atoms with Crippen molar-refractivity contribution in [3.63, 3.8) is 0 Å². The van der Waals surface area contributed by atoms with Crippen LogP contribution in [0.1, 0.15) is 51.8 Å². The molecule has 0 amide bonds. The summed E-state index contributed by atoms with van der Waals surface area (Å²) in [6.45, 7) is 5.30. The SMILES string of the molecule is CCOCc1nc(N)cc(NC2CCCC(CC)C2)n1. The van der Waals surface area contributed by atoms with Gasteiger partial charge in [0, 0.05) is 18.7 Å². The van der Waals surface area contributed by atoms with Gasteiger partial charge in [0.2, 0.25) is 0 Å². The van der Waals surface area contributed by atoms with Crippen LogP contribution in [0.3, 0.4) is 0 Å². The number of rotatable bonds is 6. The molecule has 0 radical (unpaired) electrons. The van der Waals surface area contributed by atoms with Crippen molar-refractivity contribution in [1.29, 1.82) is 0 Å². The van der Waals surface area contributed by atoms with Crippen LogP contribution in [0.25, 0.3) is 0 Å². The molecule has 1 aromatic heterocycles. The Balaban J connectivity index is 1.99. The smallest absolute Gasteiger partial charge is 0.158 e. The van der Waals surface area contributed by atoms with Gasteiger partial charge in [0.25, 0.3) is 0 Å². The van der Waals surface area contributed by atoms with E-state index in [4.69, 9.17) is 10.5 Å². The molecule has 1 saturated carbocycles. The molecule has 1 aliphatic carbocycles. The van der Waals surface area contributed by atoms with Gasteiger partial charge in [0.05, 0.1) is 0 Å². The van der Waals surface area contributed by atoms with Crippen LogP contribution in [0, 0.1) is 5.92 Å². The van der Waals surface area contributed by atoms with Crippen LogP contribution in [0.4, 0.5) is 11.6 Å². The Morgan fingerprint density at radius 1 is 1.35 bits per heavy atom. The van der Waals surface area contributed by atoms with Crippen molar-refractivity contribution in [3.8, 4) is 0 Å². The van der Waals surface area contributed by atoms with Gasteiger partial charge >= 0.3 is 0 Å². The fourth-order valence-electron chi connectivity index (χ4n) is 2.85. The van der Waals surface area contributed by atoms with Crippen molar-refractivity contribution in [2.75, 3.05) is 17.7 Å². The van der Waals surface area contributed by atoms with E-state index in [2.05, 4.69) is 22.2 Å². The average molecular weight is 278 g/mol. The largest absolute Gasteiger partial charge is 0.384 e. The summed E-state index contributed by atoms with van der Waals surface area (Å²) in [5.74, 6) is 2.81. The average Bonchev–Trinajstić information content (AvgIpc) is 2.44. The number of hydrogen-bond donors (Lipinski definition) is 2. The first-order chi connectivity index (χ1) is 9.71. The molecule has 1 heterocycles. The molecule has 3 N–H and O–H groups in total. The normalized spacial score (nSPS) is 22.7. The molecule has 0 spiro atoms. The van der Waals surface area contributed by atoms with E-state index in [1.807, 2.05) is 13.0 Å². The molecular formula is C15H26N4O. The fourth-order valence-corrected chi connectivity index (χ4v) is 2.85. The lowest BCUT2D eigenvalue weighted by Gasteiger charge is -2.29. The lowest BCUT2D eigenvalue weighted by Crippen LogP contribution is -2.27. The van der Waals surface area contributed by atoms with Crippen LogP contribution in [0.2, 0.25) is 0 Å². The van der Waals surface area contributed by atoms with Crippen LogP contribution in [0.5, 0.6) is 0 Å². The van der Waals surface area contributed by atoms with E-state index in [0.717, 1.165) is 11.7 Å². The van der Waals surface area contributed by atoms with Crippen molar-refractivity contribution in [3.05, 3.63) is 11.9 Å². The summed E-state index contributed by atoms with van der Waals surface area (Å²) in [7, 11) is 0. The monoisotopic (exact) mass is 278 g/mol. The van der Waals surface area contributed by atoms with E-state index < -0.39 is 0 Å². The van der Waals surface area contributed by atoms with Crippen LogP contribution in [-0.2, 0) is 11.3 Å². The second-order valence-electron chi connectivity index (χ2n) is 5.51. The summed E-state index contributed by atoms with van der Waals surface area (Å²) in [5.41, 5.74) is 5.84. The second-order valence-corrected chi connectivity index (χ2v) is 5.51. The van der Waals surface area contributed by atoms with E-state index >= 15 is 0 Å². The van der Waals surface area contributed by atoms with Crippen molar-refractivity contribution in [2.45, 2.75) is 58.6 Å². The number of nitrogens with zero attached hydrogens (tertiary/aromatic N) is 2. The first-order valence-corrected chi connectivity index (χ1v) is 7.69. The zero-order chi connectivity index (χ0) is 14.4. The highest BCUT2D eigenvalue weighted by atomic mass is 16.5. The molecule has 5 nitrogen and oxygen atoms in total. The van der Waals surface area contributed by atoms with Gasteiger partial charge in [0.1, 0.15) is 18.2 Å². The van der Waals surface area contributed by atoms with Gasteiger partial charge in [-0.15, -0.1) is 0 Å². The van der Waals surface area contributed by atoms with E-state index in [-0.39, 0.29) is 0 Å². The second kappa shape index (κ2) is 7.43. The van der Waals surface area contributed by atoms with Crippen molar-refractivity contribution in [2.24, 2.45) is 5.92 Å². The maximum Gasteiger partial charge on any atom is 0.158 e. The molecular weight excluding hydrogens is 252 g/mol. The molecule has 1 fully saturated rings. The summed E-state index contributed by atoms with van der Waals surface area (Å²) in [6.07, 6.45) is 6.35. The molecule has 0 aromatic carbocycles. The highest BCUT2D eigenvalue weighted by molar-refractivity contribution is 5.45. The van der Waals surface area contributed by atoms with Crippen LogP contribution >= 0.6 is 0 Å². The van der Waals surface area contributed by atoms with Gasteiger partial charge in [-0.05, 0) is 25.7 Å². The molecule has 5 heteroatoms. The van der Waals surface area contributed by atoms with Gasteiger partial charge in [-0.2, -0.15) is 0 Å². The first kappa shape index (κ1) is 15.0. The highest BCUT2D eigenvalue weighted by Crippen LogP contribution is 2.28. The zero-order valence-corrected chi connectivity index (χ0v) is 12.6. The minimum Gasteiger partial charge on any atom is -0.384 e. The quantitative estimate of drug-likeness (QED) is 0.837. The molecule has 1 aliphatic rings. The van der Waals surface area contributed by atoms with Gasteiger partial charge in [0.15, 0.2) is 5.82 Å². The Hall–Kier alpha value is -1.36. The Morgan fingerprint density at radius 3 is 2.95 bits per heavy atom. The number of hydrogen-bond acceptors (Lipinski definition) is 5. The van der Waals surface area contributed by atoms with Gasteiger partial charge in [-0.3, -0.25) is 0 Å². The summed E-state index contributed by atoms with van der Waals surface area (Å²) in [4.78, 5) is 8.69. The number of nitrogens with one attached hydrogen (secondary N) is 1. The molecule has 0 aliphatic heterocycles. The van der Waals surface area contributed by atoms with E-state index in [9.17, 15) is 0 Å². The van der Waals surface area contributed by atoms with Gasteiger partial charge < -0.3 is 15.8 Å². The maximum absolute atomic E-state index is 5.84. The Kier molecular flexibility index (Phi) is 5.59. The highest BCUT2D eigenvalue weighted by Gasteiger charge is 2.21. The Labute approximate surface area is 121 Å². The lowest BCUT2D eigenvalue weighted by atomic mass is 9.84. The Morgan fingerprint density at radius 2 is 2.20 bits per heavy atom. The predicted octanol–water partition coefficient (Wildman–Crippen LogP) is 2.98. The zero-order valence-electron chi connectivity index (χ0n) is 12.6. The van der Waals surface area contributed by atoms with Crippen LogP contribution in [0.15, 0.2) is 6.07 Å². The number of anilines is 2. The number of aromatic nitrogens is 2. The minimum absolute atomic E-state index is 0.415. The summed E-state index contributed by atoms with van der Waals surface area (Å²) < 4.78 is 5.35. The summed E-state index contributed by atoms with van der Waals surface area (Å²) in [6, 6.07) is 2.31. The molecule has 2 unspecified atom stereocenters. The third-order valence-electron chi connectivity index (χ3n) is 3.94. The fraction of sp³-hybridized carbons (Fsp3) is 0.733. The molecule has 0 saturated heterocycles. The van der Waals surface area contributed by atoms with Gasteiger partial charge in [-0.25, -0.2) is 9.97 Å². The third-order valence-corrected chi connectivity index (χ3v) is 3.94. The van der Waals surface area contributed by atoms with Crippen molar-refractivity contribution in [1.82, 2.24) is 9.97 Å². The summed E-state index contributed by atoms with van der Waals surface area (Å²) >= 11 is 0. The summed E-state index contributed by atoms with van der Waals surface area (Å²) in [5, 5.41) is 3.52. The lowest BCUT2D eigenvalue weighted by molar-refractivity contribution is 0.128. The van der Waals surface area contributed by atoms with Crippen molar-refractivity contribution >= 4 is 11.6 Å². The van der Waals surface area contributed by atoms with E-state index in [1.165, 1.54) is 32.1 Å². The molecule has 20 heavy (non-hydrogen) atoms. The Bertz CT molecular complexity index is 424. The topological polar surface area (TPSA) is 73.1 Å². The molecule has 2 atom stereocenters. The van der Waals surface area contributed by atoms with E-state index in [0.29, 0.717) is 30.9 Å². The van der Waals surface area contributed by atoms with Crippen LogP contribution < -0.4 is 11.1 Å². The third kappa shape index (κ3) is 4.34. The van der Waals surface area contributed by atoms with E-state index in [1.54, 1.807) is 0 Å². The van der Waals surface area contributed by atoms with Crippen LogP contribution in [-0.4, -0.2) is 22.6 Å². The van der Waals surface area contributed by atoms with Crippen molar-refractivity contribution < 1.29 is 4.74 Å². The molecule has 0 bridgehead atoms. The number of nitrogens with two attached hydrogens (primary N) is 1. The molecule has 1 aromatic rings. The standard InChI is InChI=1S/C15H26N4O/c1-3-11-6-5-7-12(8-11)17-14-9-13(16)18-15(19-14)10-20-4-2/h9,11-12H,3-8,10H2,1-2H3,(H3,16,17,18,19). The molecule has 112 valence electrons. The minimum atomic E-state index is 0.415. The number of ether oxygens (including phenoxy) is 1.